The van der Waals surface area contributed by atoms with Crippen LogP contribution in [0.2, 0.25) is 0 Å². The van der Waals surface area contributed by atoms with Crippen molar-refractivity contribution >= 4 is 12.2 Å². The Balaban J connectivity index is 2.93. The average Bonchev–Trinajstić information content (AvgIpc) is 2.25. The van der Waals surface area contributed by atoms with Crippen molar-refractivity contribution in [3.63, 3.8) is 0 Å². The largest absolute Gasteiger partial charge is 0.496 e. The highest BCUT2D eigenvalue weighted by Crippen LogP contribution is 2.24. The van der Waals surface area contributed by atoms with Crippen molar-refractivity contribution in [1.29, 1.82) is 0 Å². The number of benzene rings is 1. The number of methoxy groups -OCH3 is 1. The molecule has 1 aromatic rings. The lowest BCUT2D eigenvalue weighted by Crippen LogP contribution is -2.23. The molecule has 0 aliphatic heterocycles. The molecule has 0 saturated carbocycles. The summed E-state index contributed by atoms with van der Waals surface area (Å²) >= 11 is 0. The number of amides is 1. The molecule has 0 heterocycles. The molecule has 1 N–H and O–H groups in total. The predicted molar refractivity (Wildman–Crippen MR) is 60.4 cm³/mol. The minimum atomic E-state index is -0.624. The lowest BCUT2D eigenvalue weighted by molar-refractivity contribution is -0.131. The second-order valence-corrected chi connectivity index (χ2v) is 3.61. The van der Waals surface area contributed by atoms with Crippen LogP contribution in [0.25, 0.3) is 0 Å². The van der Waals surface area contributed by atoms with E-state index in [4.69, 9.17) is 4.74 Å². The summed E-state index contributed by atoms with van der Waals surface area (Å²) in [4.78, 5) is 21.0. The van der Waals surface area contributed by atoms with Gasteiger partial charge in [-0.05, 0) is 19.4 Å². The number of ether oxygens (including phenoxy) is 1. The van der Waals surface area contributed by atoms with Crippen LogP contribution in [0.5, 0.6) is 5.75 Å². The van der Waals surface area contributed by atoms with Crippen LogP contribution in [0.4, 0.5) is 0 Å². The zero-order valence-corrected chi connectivity index (χ0v) is 9.66. The SMILES string of the molecule is COc1c(C)cc(C)cc1CNC(=O)C=O. The van der Waals surface area contributed by atoms with Gasteiger partial charge in [0.25, 0.3) is 5.91 Å². The van der Waals surface area contributed by atoms with E-state index in [1.165, 1.54) is 0 Å². The molecular formula is C12H15NO3. The van der Waals surface area contributed by atoms with Crippen LogP contribution in [-0.4, -0.2) is 19.3 Å². The van der Waals surface area contributed by atoms with Gasteiger partial charge in [0.15, 0.2) is 0 Å². The van der Waals surface area contributed by atoms with Crippen molar-refractivity contribution in [2.75, 3.05) is 7.11 Å². The average molecular weight is 221 g/mol. The first-order chi connectivity index (χ1) is 7.58. The van der Waals surface area contributed by atoms with E-state index in [-0.39, 0.29) is 6.29 Å². The van der Waals surface area contributed by atoms with E-state index < -0.39 is 5.91 Å². The molecule has 1 aromatic carbocycles. The van der Waals surface area contributed by atoms with Crippen LogP contribution < -0.4 is 10.1 Å². The third-order valence-corrected chi connectivity index (χ3v) is 2.26. The van der Waals surface area contributed by atoms with Gasteiger partial charge in [-0.1, -0.05) is 17.7 Å². The molecule has 0 aromatic heterocycles. The fourth-order valence-corrected chi connectivity index (χ4v) is 1.69. The fourth-order valence-electron chi connectivity index (χ4n) is 1.69. The standard InChI is InChI=1S/C12H15NO3/c1-8-4-9(2)12(16-3)10(5-8)6-13-11(15)7-14/h4-5,7H,6H2,1-3H3,(H,13,15). The van der Waals surface area contributed by atoms with Crippen molar-refractivity contribution in [2.24, 2.45) is 0 Å². The van der Waals surface area contributed by atoms with Crippen LogP contribution in [-0.2, 0) is 16.1 Å². The van der Waals surface area contributed by atoms with Crippen molar-refractivity contribution in [3.8, 4) is 5.75 Å². The molecule has 0 aliphatic carbocycles. The molecule has 16 heavy (non-hydrogen) atoms. The predicted octanol–water partition coefficient (Wildman–Crippen LogP) is 1.13. The molecule has 0 fully saturated rings. The van der Waals surface area contributed by atoms with Crippen LogP contribution in [0.1, 0.15) is 16.7 Å². The first-order valence-corrected chi connectivity index (χ1v) is 4.95. The first kappa shape index (κ1) is 12.2. The number of hydrogen-bond acceptors (Lipinski definition) is 3. The second kappa shape index (κ2) is 5.30. The molecule has 86 valence electrons. The highest BCUT2D eigenvalue weighted by Gasteiger charge is 2.08. The summed E-state index contributed by atoms with van der Waals surface area (Å²) in [6.07, 6.45) is 0.259. The molecule has 0 bridgehead atoms. The van der Waals surface area contributed by atoms with E-state index in [9.17, 15) is 9.59 Å². The van der Waals surface area contributed by atoms with Crippen molar-refractivity contribution in [1.82, 2.24) is 5.32 Å². The lowest BCUT2D eigenvalue weighted by Gasteiger charge is -2.12. The monoisotopic (exact) mass is 221 g/mol. The first-order valence-electron chi connectivity index (χ1n) is 4.95. The van der Waals surface area contributed by atoms with Gasteiger partial charge in [-0.25, -0.2) is 0 Å². The Kier molecular flexibility index (Phi) is 4.05. The summed E-state index contributed by atoms with van der Waals surface area (Å²) in [5.41, 5.74) is 2.97. The summed E-state index contributed by atoms with van der Waals surface area (Å²) < 4.78 is 5.26. The van der Waals surface area contributed by atoms with E-state index in [0.717, 1.165) is 22.4 Å². The van der Waals surface area contributed by atoms with Gasteiger partial charge in [-0.2, -0.15) is 0 Å². The quantitative estimate of drug-likeness (QED) is 0.612. The molecule has 0 atom stereocenters. The molecule has 0 aliphatic rings. The molecule has 1 amide bonds. The molecule has 0 radical (unpaired) electrons. The number of aldehydes is 1. The zero-order valence-electron chi connectivity index (χ0n) is 9.66. The Morgan fingerprint density at radius 3 is 2.69 bits per heavy atom. The van der Waals surface area contributed by atoms with Crippen molar-refractivity contribution < 1.29 is 14.3 Å². The third kappa shape index (κ3) is 2.82. The Morgan fingerprint density at radius 1 is 1.44 bits per heavy atom. The number of rotatable bonds is 4. The normalized spacial score (nSPS) is 9.69. The number of carbonyl (C=O) groups excluding carboxylic acids is 2. The number of hydrogen-bond donors (Lipinski definition) is 1. The molecule has 0 spiro atoms. The zero-order chi connectivity index (χ0) is 12.1. The number of carbonyl (C=O) groups is 2. The Bertz CT molecular complexity index is 413. The Morgan fingerprint density at radius 2 is 2.12 bits per heavy atom. The summed E-state index contributed by atoms with van der Waals surface area (Å²) in [6.45, 7) is 4.21. The second-order valence-electron chi connectivity index (χ2n) is 3.61. The smallest absolute Gasteiger partial charge is 0.284 e. The topological polar surface area (TPSA) is 55.4 Å². The lowest BCUT2D eigenvalue weighted by atomic mass is 10.1. The van der Waals surface area contributed by atoms with E-state index in [0.29, 0.717) is 6.54 Å². The molecule has 4 nitrogen and oxygen atoms in total. The van der Waals surface area contributed by atoms with E-state index in [1.807, 2.05) is 26.0 Å². The number of nitrogens with one attached hydrogen (secondary N) is 1. The van der Waals surface area contributed by atoms with Gasteiger partial charge < -0.3 is 10.1 Å². The number of aryl methyl sites for hydroxylation is 2. The third-order valence-electron chi connectivity index (χ3n) is 2.26. The van der Waals surface area contributed by atoms with E-state index in [2.05, 4.69) is 5.32 Å². The van der Waals surface area contributed by atoms with Gasteiger partial charge >= 0.3 is 0 Å². The van der Waals surface area contributed by atoms with Crippen molar-refractivity contribution in [2.45, 2.75) is 20.4 Å². The summed E-state index contributed by atoms with van der Waals surface area (Å²) in [5, 5.41) is 2.49. The van der Waals surface area contributed by atoms with Gasteiger partial charge in [0.05, 0.1) is 7.11 Å². The Labute approximate surface area is 94.6 Å². The molecule has 4 heteroatoms. The molecular weight excluding hydrogens is 206 g/mol. The highest BCUT2D eigenvalue weighted by atomic mass is 16.5. The van der Waals surface area contributed by atoms with Crippen LogP contribution >= 0.6 is 0 Å². The maximum atomic E-state index is 10.8. The Hall–Kier alpha value is -1.84. The van der Waals surface area contributed by atoms with Gasteiger partial charge in [-0.15, -0.1) is 0 Å². The summed E-state index contributed by atoms with van der Waals surface area (Å²) in [5.74, 6) is 0.123. The minimum absolute atomic E-state index is 0.259. The molecule has 0 unspecified atom stereocenters. The van der Waals surface area contributed by atoms with Gasteiger partial charge in [0.1, 0.15) is 5.75 Å². The summed E-state index contributed by atoms with van der Waals surface area (Å²) in [7, 11) is 1.59. The summed E-state index contributed by atoms with van der Waals surface area (Å²) in [6, 6.07) is 3.93. The van der Waals surface area contributed by atoms with Crippen LogP contribution in [0.15, 0.2) is 12.1 Å². The van der Waals surface area contributed by atoms with Gasteiger partial charge in [0, 0.05) is 12.1 Å². The molecule has 0 saturated heterocycles. The molecule has 1 rings (SSSR count). The maximum Gasteiger partial charge on any atom is 0.284 e. The van der Waals surface area contributed by atoms with Crippen molar-refractivity contribution in [3.05, 3.63) is 28.8 Å². The van der Waals surface area contributed by atoms with Gasteiger partial charge in [0.2, 0.25) is 6.29 Å². The maximum absolute atomic E-state index is 10.8. The van der Waals surface area contributed by atoms with Crippen LogP contribution in [0.3, 0.4) is 0 Å². The van der Waals surface area contributed by atoms with Gasteiger partial charge in [-0.3, -0.25) is 9.59 Å². The van der Waals surface area contributed by atoms with E-state index >= 15 is 0 Å². The minimum Gasteiger partial charge on any atom is -0.496 e. The fraction of sp³-hybridized carbons (Fsp3) is 0.333. The van der Waals surface area contributed by atoms with Crippen LogP contribution in [0, 0.1) is 13.8 Å². The highest BCUT2D eigenvalue weighted by molar-refractivity contribution is 6.23. The van der Waals surface area contributed by atoms with E-state index in [1.54, 1.807) is 7.11 Å².